The minimum Gasteiger partial charge on any atom is -0.440 e. The number of thioether (sulfide) groups is 1. The molecule has 28 heavy (non-hydrogen) atoms. The first-order valence-electron chi connectivity index (χ1n) is 7.28. The van der Waals surface area contributed by atoms with Crippen molar-refractivity contribution in [3.8, 4) is 11.4 Å². The predicted molar refractivity (Wildman–Crippen MR) is 82.0 cm³/mol. The van der Waals surface area contributed by atoms with E-state index in [4.69, 9.17) is 0 Å². The summed E-state index contributed by atoms with van der Waals surface area (Å²) in [6.45, 7) is -1.73. The molecule has 1 aromatic carbocycles. The monoisotopic (exact) mass is 431 g/mol. The fourth-order valence-corrected chi connectivity index (χ4v) is 2.46. The Hall–Kier alpha value is -2.71. The molecular formula is C13H11F6N5O3S. The van der Waals surface area contributed by atoms with Crippen molar-refractivity contribution in [1.29, 1.82) is 0 Å². The highest BCUT2D eigenvalue weighted by atomic mass is 32.2. The fourth-order valence-electron chi connectivity index (χ4n) is 1.71. The quantitative estimate of drug-likeness (QED) is 0.410. The molecule has 0 radical (unpaired) electrons. The molecule has 8 nitrogen and oxygen atoms in total. The zero-order valence-corrected chi connectivity index (χ0v) is 14.4. The zero-order valence-electron chi connectivity index (χ0n) is 13.6. The van der Waals surface area contributed by atoms with E-state index in [9.17, 15) is 31.1 Å². The Morgan fingerprint density at radius 3 is 2.43 bits per heavy atom. The molecule has 0 spiro atoms. The highest BCUT2D eigenvalue weighted by Crippen LogP contribution is 2.24. The number of carbonyl (C=O) groups excluding carboxylic acids is 1. The summed E-state index contributed by atoms with van der Waals surface area (Å²) in [7, 11) is 0. The van der Waals surface area contributed by atoms with Crippen LogP contribution in [0.25, 0.3) is 5.69 Å². The van der Waals surface area contributed by atoms with Gasteiger partial charge < -0.3 is 14.8 Å². The summed E-state index contributed by atoms with van der Waals surface area (Å²) >= 11 is 1.05. The molecule has 2 rings (SSSR count). The van der Waals surface area contributed by atoms with E-state index in [1.165, 1.54) is 16.8 Å². The molecule has 0 aliphatic rings. The number of ether oxygens (including phenoxy) is 2. The Morgan fingerprint density at radius 1 is 1.14 bits per heavy atom. The lowest BCUT2D eigenvalue weighted by Gasteiger charge is -2.10. The van der Waals surface area contributed by atoms with E-state index in [2.05, 4.69) is 30.3 Å². The Bertz CT molecular complexity index is 780. The van der Waals surface area contributed by atoms with Gasteiger partial charge in [-0.1, -0.05) is 11.8 Å². The van der Waals surface area contributed by atoms with E-state index in [1.54, 1.807) is 0 Å². The van der Waals surface area contributed by atoms with E-state index in [0.29, 0.717) is 5.69 Å². The minimum atomic E-state index is -4.81. The van der Waals surface area contributed by atoms with Gasteiger partial charge >= 0.3 is 18.6 Å². The van der Waals surface area contributed by atoms with Crippen molar-refractivity contribution in [3.63, 3.8) is 0 Å². The smallest absolute Gasteiger partial charge is 0.440 e. The van der Waals surface area contributed by atoms with Crippen LogP contribution in [0, 0.1) is 0 Å². The summed E-state index contributed by atoms with van der Waals surface area (Å²) in [4.78, 5) is 11.1. The molecule has 0 saturated carbocycles. The van der Waals surface area contributed by atoms with Gasteiger partial charge in [0.2, 0.25) is 5.16 Å². The maximum absolute atomic E-state index is 12.2. The number of benzene rings is 1. The van der Waals surface area contributed by atoms with Gasteiger partial charge in [0.1, 0.15) is 5.75 Å². The third-order valence-electron chi connectivity index (χ3n) is 2.73. The lowest BCUT2D eigenvalue weighted by molar-refractivity contribution is -0.274. The predicted octanol–water partition coefficient (Wildman–Crippen LogP) is 2.94. The van der Waals surface area contributed by atoms with Crippen molar-refractivity contribution >= 4 is 17.9 Å². The number of aromatic nitrogens is 4. The van der Waals surface area contributed by atoms with Gasteiger partial charge in [0.15, 0.2) is 6.61 Å². The lowest BCUT2D eigenvalue weighted by Crippen LogP contribution is -2.30. The molecule has 0 unspecified atom stereocenters. The maximum Gasteiger partial charge on any atom is 0.573 e. The highest BCUT2D eigenvalue weighted by Gasteiger charge is 2.31. The van der Waals surface area contributed by atoms with Crippen molar-refractivity contribution in [2.45, 2.75) is 17.7 Å². The summed E-state index contributed by atoms with van der Waals surface area (Å²) in [6.07, 6.45) is -10.7. The molecule has 0 bridgehead atoms. The maximum atomic E-state index is 12.2. The molecule has 1 heterocycles. The second-order valence-corrected chi connectivity index (χ2v) is 5.94. The second-order valence-electron chi connectivity index (χ2n) is 4.88. The Kier molecular flexibility index (Phi) is 6.93. The number of hydrogen-bond acceptors (Lipinski definition) is 7. The molecule has 15 heteroatoms. The molecule has 1 N–H and O–H groups in total. The molecule has 0 aliphatic heterocycles. The second kappa shape index (κ2) is 8.99. The van der Waals surface area contributed by atoms with E-state index in [1.807, 2.05) is 0 Å². The third kappa shape index (κ3) is 7.50. The van der Waals surface area contributed by atoms with E-state index in [-0.39, 0.29) is 17.5 Å². The Balaban J connectivity index is 1.84. The van der Waals surface area contributed by atoms with Gasteiger partial charge in [-0.05, 0) is 34.7 Å². The lowest BCUT2D eigenvalue weighted by atomic mass is 10.3. The van der Waals surface area contributed by atoms with Crippen molar-refractivity contribution in [2.24, 2.45) is 0 Å². The van der Waals surface area contributed by atoms with Crippen LogP contribution < -0.4 is 10.1 Å². The van der Waals surface area contributed by atoms with Gasteiger partial charge in [-0.2, -0.15) is 17.9 Å². The van der Waals surface area contributed by atoms with Gasteiger partial charge in [-0.3, -0.25) is 0 Å². The summed E-state index contributed by atoms with van der Waals surface area (Å²) < 4.78 is 81.1. The van der Waals surface area contributed by atoms with Crippen LogP contribution in [-0.4, -0.2) is 57.7 Å². The van der Waals surface area contributed by atoms with Gasteiger partial charge in [0.05, 0.1) is 5.69 Å². The topological polar surface area (TPSA) is 91.2 Å². The number of nitrogens with one attached hydrogen (secondary N) is 1. The normalized spacial score (nSPS) is 11.9. The number of rotatable bonds is 7. The van der Waals surface area contributed by atoms with Crippen LogP contribution >= 0.6 is 11.8 Å². The summed E-state index contributed by atoms with van der Waals surface area (Å²) in [5, 5.41) is 13.2. The van der Waals surface area contributed by atoms with Gasteiger partial charge in [0.25, 0.3) is 0 Å². The van der Waals surface area contributed by atoms with E-state index < -0.39 is 31.0 Å². The molecular weight excluding hydrogens is 420 g/mol. The Morgan fingerprint density at radius 2 is 1.82 bits per heavy atom. The van der Waals surface area contributed by atoms with Gasteiger partial charge in [0, 0.05) is 12.3 Å². The number of carbonyl (C=O) groups is 1. The molecule has 0 aliphatic carbocycles. The number of alkyl halides is 6. The Labute approximate surface area is 157 Å². The number of hydrogen-bond donors (Lipinski definition) is 1. The van der Waals surface area contributed by atoms with E-state index >= 15 is 0 Å². The summed E-state index contributed by atoms with van der Waals surface area (Å²) in [5.74, 6) is -0.225. The molecule has 1 amide bonds. The zero-order chi connectivity index (χ0) is 20.8. The number of halogens is 6. The number of tetrazole rings is 1. The largest absolute Gasteiger partial charge is 0.573 e. The van der Waals surface area contributed by atoms with Crippen molar-refractivity contribution < 1.29 is 40.6 Å². The molecule has 2 aromatic rings. The van der Waals surface area contributed by atoms with Crippen LogP contribution in [0.4, 0.5) is 31.1 Å². The van der Waals surface area contributed by atoms with Crippen LogP contribution in [0.5, 0.6) is 5.75 Å². The van der Waals surface area contributed by atoms with Gasteiger partial charge in [-0.25, -0.2) is 4.79 Å². The first-order chi connectivity index (χ1) is 13.0. The van der Waals surface area contributed by atoms with Crippen LogP contribution in [0.3, 0.4) is 0 Å². The minimum absolute atomic E-state index is 0.0351. The van der Waals surface area contributed by atoms with Gasteiger partial charge in [-0.15, -0.1) is 18.3 Å². The first-order valence-corrected chi connectivity index (χ1v) is 8.27. The average Bonchev–Trinajstić information content (AvgIpc) is 3.04. The van der Waals surface area contributed by atoms with Crippen LogP contribution in [-0.2, 0) is 4.74 Å². The van der Waals surface area contributed by atoms with Crippen molar-refractivity contribution in [3.05, 3.63) is 24.3 Å². The average molecular weight is 431 g/mol. The molecule has 154 valence electrons. The fraction of sp³-hybridized carbons (Fsp3) is 0.385. The highest BCUT2D eigenvalue weighted by molar-refractivity contribution is 7.99. The first kappa shape index (κ1) is 21.6. The van der Waals surface area contributed by atoms with Crippen LogP contribution in [0.1, 0.15) is 0 Å². The SMILES string of the molecule is O=C(NCCSc1nnnn1-c1ccc(OC(F)(F)F)cc1)OCC(F)(F)F. The number of alkyl carbamates (subject to hydrolysis) is 1. The van der Waals surface area contributed by atoms with Crippen molar-refractivity contribution in [1.82, 2.24) is 25.5 Å². The van der Waals surface area contributed by atoms with Crippen molar-refractivity contribution in [2.75, 3.05) is 18.9 Å². The summed E-state index contributed by atoms with van der Waals surface area (Å²) in [6, 6.07) is 4.76. The molecule has 1 aromatic heterocycles. The standard InChI is InChI=1S/C13H11F6N5O3S/c14-12(15,16)7-26-11(25)20-5-6-28-10-21-22-23-24(10)8-1-3-9(4-2-8)27-13(17,18)19/h1-4H,5-7H2,(H,20,25). The molecule has 0 atom stereocenters. The number of amides is 1. The summed E-state index contributed by atoms with van der Waals surface area (Å²) in [5.41, 5.74) is 0.347. The number of nitrogens with zero attached hydrogens (tertiary/aromatic N) is 4. The molecule has 0 saturated heterocycles. The van der Waals surface area contributed by atoms with Crippen LogP contribution in [0.2, 0.25) is 0 Å². The van der Waals surface area contributed by atoms with E-state index in [0.717, 1.165) is 23.9 Å². The van der Waals surface area contributed by atoms with Crippen LogP contribution in [0.15, 0.2) is 29.4 Å². The third-order valence-corrected chi connectivity index (χ3v) is 3.65. The molecule has 0 fully saturated rings.